The van der Waals surface area contributed by atoms with E-state index in [4.69, 9.17) is 14.2 Å². The van der Waals surface area contributed by atoms with Crippen molar-refractivity contribution < 1.29 is 28.6 Å². The number of hydrogen-bond acceptors (Lipinski definition) is 7. The number of nitrogens with zero attached hydrogens (tertiary/aromatic N) is 2. The van der Waals surface area contributed by atoms with Crippen molar-refractivity contribution >= 4 is 23.5 Å². The molecule has 1 aromatic carbocycles. The van der Waals surface area contributed by atoms with Crippen LogP contribution in [0.15, 0.2) is 30.3 Å². The minimum Gasteiger partial charge on any atom is -0.465 e. The molecule has 0 aromatic heterocycles. The van der Waals surface area contributed by atoms with E-state index in [1.54, 1.807) is 44.3 Å². The van der Waals surface area contributed by atoms with Crippen molar-refractivity contribution in [1.29, 1.82) is 0 Å². The van der Waals surface area contributed by atoms with Crippen LogP contribution in [0.4, 0.5) is 5.69 Å². The van der Waals surface area contributed by atoms with Crippen molar-refractivity contribution in [3.05, 3.63) is 30.3 Å². The normalized spacial score (nSPS) is 17.4. The van der Waals surface area contributed by atoms with Crippen molar-refractivity contribution in [3.63, 3.8) is 0 Å². The van der Waals surface area contributed by atoms with E-state index < -0.39 is 30.5 Å². The van der Waals surface area contributed by atoms with Crippen LogP contribution in [0, 0.1) is 0 Å². The Balaban J connectivity index is 1.99. The fraction of sp³-hybridized carbons (Fsp3) is 0.500. The van der Waals surface area contributed by atoms with Gasteiger partial charge < -0.3 is 14.2 Å². The predicted octanol–water partition coefficient (Wildman–Crippen LogP) is 0.457. The first-order chi connectivity index (χ1) is 12.5. The second-order valence-corrected chi connectivity index (χ2v) is 5.80. The monoisotopic (exact) mass is 364 g/mol. The Morgan fingerprint density at radius 3 is 2.62 bits per heavy atom. The van der Waals surface area contributed by atoms with E-state index in [-0.39, 0.29) is 19.8 Å². The first-order valence-corrected chi connectivity index (χ1v) is 8.48. The van der Waals surface area contributed by atoms with E-state index in [9.17, 15) is 14.4 Å². The summed E-state index contributed by atoms with van der Waals surface area (Å²) in [6.07, 6.45) is 0. The summed E-state index contributed by atoms with van der Waals surface area (Å²) in [5, 5.41) is 0. The van der Waals surface area contributed by atoms with Crippen molar-refractivity contribution in [2.45, 2.75) is 13.0 Å². The van der Waals surface area contributed by atoms with Gasteiger partial charge in [0.15, 0.2) is 6.61 Å². The van der Waals surface area contributed by atoms with Crippen molar-refractivity contribution in [3.8, 4) is 0 Å². The zero-order chi connectivity index (χ0) is 18.9. The molecule has 1 fully saturated rings. The van der Waals surface area contributed by atoms with E-state index in [2.05, 4.69) is 0 Å². The van der Waals surface area contributed by atoms with E-state index in [1.807, 2.05) is 4.90 Å². The van der Waals surface area contributed by atoms with Crippen LogP contribution in [-0.4, -0.2) is 75.4 Å². The van der Waals surface area contributed by atoms with Gasteiger partial charge in [-0.1, -0.05) is 18.2 Å². The summed E-state index contributed by atoms with van der Waals surface area (Å²) >= 11 is 0. The highest BCUT2D eigenvalue weighted by Gasteiger charge is 2.29. The molecule has 0 spiro atoms. The van der Waals surface area contributed by atoms with Crippen LogP contribution < -0.4 is 4.90 Å². The molecule has 0 aliphatic carbocycles. The maximum Gasteiger partial charge on any atom is 0.326 e. The lowest BCUT2D eigenvalue weighted by atomic mass is 10.2. The van der Waals surface area contributed by atoms with Crippen LogP contribution in [0.3, 0.4) is 0 Å². The Morgan fingerprint density at radius 1 is 1.23 bits per heavy atom. The Labute approximate surface area is 152 Å². The molecule has 1 atom stereocenters. The number of hydrogen-bond donors (Lipinski definition) is 0. The Bertz CT molecular complexity index is 621. The van der Waals surface area contributed by atoms with Gasteiger partial charge in [-0.25, -0.2) is 0 Å². The number of morpholine rings is 1. The summed E-state index contributed by atoms with van der Waals surface area (Å²) in [6, 6.07) is 8.16. The maximum atomic E-state index is 12.5. The van der Waals surface area contributed by atoms with Gasteiger partial charge in [0.1, 0.15) is 12.6 Å². The maximum absolute atomic E-state index is 12.5. The first kappa shape index (κ1) is 19.9. The van der Waals surface area contributed by atoms with E-state index in [0.717, 1.165) is 0 Å². The summed E-state index contributed by atoms with van der Waals surface area (Å²) in [6.45, 7) is 2.61. The molecule has 1 saturated heterocycles. The Hall–Kier alpha value is -2.45. The molecule has 8 heteroatoms. The molecule has 0 saturated carbocycles. The molecule has 1 amide bonds. The van der Waals surface area contributed by atoms with Gasteiger partial charge in [-0.3, -0.25) is 24.2 Å². The summed E-state index contributed by atoms with van der Waals surface area (Å²) in [5.41, 5.74) is 0.528. The third kappa shape index (κ3) is 5.53. The number of ether oxygens (including phenoxy) is 3. The van der Waals surface area contributed by atoms with Gasteiger partial charge in [0.25, 0.3) is 5.91 Å². The molecule has 1 aliphatic heterocycles. The summed E-state index contributed by atoms with van der Waals surface area (Å²) < 4.78 is 15.3. The van der Waals surface area contributed by atoms with Crippen LogP contribution >= 0.6 is 0 Å². The molecule has 1 heterocycles. The van der Waals surface area contributed by atoms with Crippen LogP contribution in [-0.2, 0) is 28.6 Å². The summed E-state index contributed by atoms with van der Waals surface area (Å²) in [5.74, 6) is -1.56. The highest BCUT2D eigenvalue weighted by atomic mass is 16.5. The van der Waals surface area contributed by atoms with Gasteiger partial charge in [-0.05, 0) is 26.1 Å². The number of carbonyl (C=O) groups excluding carboxylic acids is 3. The van der Waals surface area contributed by atoms with Crippen LogP contribution in [0.2, 0.25) is 0 Å². The standard InChI is InChI=1S/C18H24N2O6/c1-3-25-17(22)11-20(14-7-5-4-6-8-14)16(21)13-26-18(23)15-12-24-10-9-19(15)2/h4-8,15H,3,9-13H2,1-2H3/t15-/m0/s1. The van der Waals surface area contributed by atoms with Gasteiger partial charge in [0, 0.05) is 12.2 Å². The van der Waals surface area contributed by atoms with Gasteiger partial charge >= 0.3 is 11.9 Å². The summed E-state index contributed by atoms with van der Waals surface area (Å²) in [7, 11) is 1.80. The van der Waals surface area contributed by atoms with E-state index >= 15 is 0 Å². The number of benzene rings is 1. The largest absolute Gasteiger partial charge is 0.465 e. The molecule has 0 bridgehead atoms. The Kier molecular flexibility index (Phi) is 7.55. The molecular weight excluding hydrogens is 340 g/mol. The first-order valence-electron chi connectivity index (χ1n) is 8.48. The van der Waals surface area contributed by atoms with Crippen LogP contribution in [0.5, 0.6) is 0 Å². The highest BCUT2D eigenvalue weighted by molar-refractivity contribution is 5.99. The van der Waals surface area contributed by atoms with Gasteiger partial charge in [-0.15, -0.1) is 0 Å². The number of carbonyl (C=O) groups is 3. The van der Waals surface area contributed by atoms with Crippen molar-refractivity contribution in [2.24, 2.45) is 0 Å². The minimum absolute atomic E-state index is 0.221. The second kappa shape index (κ2) is 9.88. The average Bonchev–Trinajstić information content (AvgIpc) is 2.65. The lowest BCUT2D eigenvalue weighted by Crippen LogP contribution is -2.49. The van der Waals surface area contributed by atoms with Crippen LogP contribution in [0.25, 0.3) is 0 Å². The number of amides is 1. The SMILES string of the molecule is CCOC(=O)CN(C(=O)COC(=O)[C@@H]1COCCN1C)c1ccccc1. The molecular formula is C18H24N2O6. The molecule has 0 unspecified atom stereocenters. The third-order valence-corrected chi connectivity index (χ3v) is 3.97. The predicted molar refractivity (Wildman–Crippen MR) is 93.6 cm³/mol. The van der Waals surface area contributed by atoms with E-state index in [0.29, 0.717) is 18.8 Å². The molecule has 1 aromatic rings. The number of anilines is 1. The number of esters is 2. The zero-order valence-corrected chi connectivity index (χ0v) is 15.1. The lowest BCUT2D eigenvalue weighted by molar-refractivity contribution is -0.157. The molecule has 2 rings (SSSR count). The average molecular weight is 364 g/mol. The molecule has 8 nitrogen and oxygen atoms in total. The van der Waals surface area contributed by atoms with Crippen molar-refractivity contribution in [1.82, 2.24) is 4.90 Å². The fourth-order valence-corrected chi connectivity index (χ4v) is 2.51. The highest BCUT2D eigenvalue weighted by Crippen LogP contribution is 2.14. The minimum atomic E-state index is -0.535. The Morgan fingerprint density at radius 2 is 1.96 bits per heavy atom. The van der Waals surface area contributed by atoms with Crippen molar-refractivity contribution in [2.75, 3.05) is 51.5 Å². The quantitative estimate of drug-likeness (QED) is 0.650. The molecule has 142 valence electrons. The number of likely N-dealkylation sites (N-methyl/N-ethyl adjacent to an activating group) is 1. The topological polar surface area (TPSA) is 85.4 Å². The third-order valence-electron chi connectivity index (χ3n) is 3.97. The van der Waals surface area contributed by atoms with Gasteiger partial charge in [0.05, 0.1) is 19.8 Å². The summed E-state index contributed by atoms with van der Waals surface area (Å²) in [4.78, 5) is 39.6. The molecule has 26 heavy (non-hydrogen) atoms. The van der Waals surface area contributed by atoms with Crippen LogP contribution in [0.1, 0.15) is 6.92 Å². The zero-order valence-electron chi connectivity index (χ0n) is 15.1. The second-order valence-electron chi connectivity index (χ2n) is 5.80. The van der Waals surface area contributed by atoms with Gasteiger partial charge in [0.2, 0.25) is 0 Å². The number of rotatable bonds is 7. The molecule has 1 aliphatic rings. The fourth-order valence-electron chi connectivity index (χ4n) is 2.51. The van der Waals surface area contributed by atoms with E-state index in [1.165, 1.54) is 4.90 Å². The molecule has 0 radical (unpaired) electrons. The lowest BCUT2D eigenvalue weighted by Gasteiger charge is -2.30. The van der Waals surface area contributed by atoms with Gasteiger partial charge in [-0.2, -0.15) is 0 Å². The molecule has 0 N–H and O–H groups in total. The number of para-hydroxylation sites is 1. The smallest absolute Gasteiger partial charge is 0.326 e.